The fourth-order valence-corrected chi connectivity index (χ4v) is 3.86. The van der Waals surface area contributed by atoms with Crippen LogP contribution in [-0.4, -0.2) is 42.9 Å². The van der Waals surface area contributed by atoms with Gasteiger partial charge in [0.15, 0.2) is 11.5 Å². The molecule has 9 heteroatoms. The van der Waals surface area contributed by atoms with E-state index in [-0.39, 0.29) is 35.8 Å². The Balaban J connectivity index is 1.36. The van der Waals surface area contributed by atoms with E-state index in [0.717, 1.165) is 10.5 Å². The van der Waals surface area contributed by atoms with Crippen LogP contribution in [0.3, 0.4) is 0 Å². The molecule has 0 unspecified atom stereocenters. The van der Waals surface area contributed by atoms with Crippen molar-refractivity contribution in [3.05, 3.63) is 94.5 Å². The minimum absolute atomic E-state index is 0.0559. The Morgan fingerprint density at radius 2 is 1.63 bits per heavy atom. The van der Waals surface area contributed by atoms with Crippen molar-refractivity contribution in [1.29, 1.82) is 0 Å². The van der Waals surface area contributed by atoms with Gasteiger partial charge in [-0.15, -0.1) is 0 Å². The van der Waals surface area contributed by atoms with Crippen LogP contribution < -0.4 is 14.8 Å². The monoisotopic (exact) mass is 480 g/mol. The Bertz CT molecular complexity index is 1240. The van der Waals surface area contributed by atoms with E-state index in [4.69, 9.17) is 4.74 Å². The van der Waals surface area contributed by atoms with Crippen molar-refractivity contribution in [1.82, 2.24) is 10.2 Å². The molecule has 4 rings (SSSR count). The molecule has 0 aromatic heterocycles. The molecule has 1 aliphatic heterocycles. The highest BCUT2D eigenvalue weighted by Gasteiger charge is 2.35. The zero-order valence-electron chi connectivity index (χ0n) is 18.8. The van der Waals surface area contributed by atoms with Crippen molar-refractivity contribution >= 4 is 17.7 Å². The third-order valence-corrected chi connectivity index (χ3v) is 5.55. The SMILES string of the molecule is COc1cc(CCNC(=O)c2cccc(CN3C(=O)c4ccccc4C3=O)c2)ccc1OC(F)F. The zero-order chi connectivity index (χ0) is 24.9. The number of hydrogen-bond acceptors (Lipinski definition) is 5. The average molecular weight is 480 g/mol. The molecule has 1 N–H and O–H groups in total. The van der Waals surface area contributed by atoms with Gasteiger partial charge in [-0.05, 0) is 53.9 Å². The Kier molecular flexibility index (Phi) is 7.05. The molecule has 180 valence electrons. The molecular weight excluding hydrogens is 458 g/mol. The van der Waals surface area contributed by atoms with Crippen LogP contribution in [0.2, 0.25) is 0 Å². The predicted molar refractivity (Wildman–Crippen MR) is 123 cm³/mol. The van der Waals surface area contributed by atoms with Gasteiger partial charge >= 0.3 is 6.61 Å². The van der Waals surface area contributed by atoms with E-state index >= 15 is 0 Å². The third kappa shape index (κ3) is 5.29. The summed E-state index contributed by atoms with van der Waals surface area (Å²) < 4.78 is 34.4. The van der Waals surface area contributed by atoms with E-state index in [0.29, 0.717) is 35.2 Å². The fraction of sp³-hybridized carbons (Fsp3) is 0.192. The van der Waals surface area contributed by atoms with Gasteiger partial charge in [0.05, 0.1) is 24.8 Å². The molecule has 0 radical (unpaired) electrons. The first-order valence-electron chi connectivity index (χ1n) is 10.8. The molecule has 3 aromatic rings. The molecule has 0 saturated carbocycles. The van der Waals surface area contributed by atoms with Crippen molar-refractivity contribution in [3.8, 4) is 11.5 Å². The molecule has 7 nitrogen and oxygen atoms in total. The molecule has 0 atom stereocenters. The summed E-state index contributed by atoms with van der Waals surface area (Å²) >= 11 is 0. The number of halogens is 2. The summed E-state index contributed by atoms with van der Waals surface area (Å²) in [7, 11) is 1.36. The number of amides is 3. The van der Waals surface area contributed by atoms with Gasteiger partial charge in [0.2, 0.25) is 0 Å². The van der Waals surface area contributed by atoms with E-state index in [1.165, 1.54) is 13.2 Å². The second-order valence-electron chi connectivity index (χ2n) is 7.81. The van der Waals surface area contributed by atoms with Crippen LogP contribution >= 0.6 is 0 Å². The number of imide groups is 1. The average Bonchev–Trinajstić information content (AvgIpc) is 3.09. The normalized spacial score (nSPS) is 12.6. The maximum Gasteiger partial charge on any atom is 0.387 e. The predicted octanol–water partition coefficient (Wildman–Crippen LogP) is 4.07. The molecule has 3 amide bonds. The minimum atomic E-state index is -2.96. The van der Waals surface area contributed by atoms with Crippen LogP contribution in [0, 0.1) is 0 Å². The number of methoxy groups -OCH3 is 1. The van der Waals surface area contributed by atoms with Gasteiger partial charge in [0.25, 0.3) is 17.7 Å². The molecule has 0 aliphatic carbocycles. The zero-order valence-corrected chi connectivity index (χ0v) is 18.8. The summed E-state index contributed by atoms with van der Waals surface area (Å²) in [6, 6.07) is 18.0. The largest absolute Gasteiger partial charge is 0.493 e. The molecule has 0 spiro atoms. The lowest BCUT2D eigenvalue weighted by Crippen LogP contribution is -2.29. The van der Waals surface area contributed by atoms with Crippen molar-refractivity contribution in [2.45, 2.75) is 19.6 Å². The van der Waals surface area contributed by atoms with Gasteiger partial charge < -0.3 is 14.8 Å². The second kappa shape index (κ2) is 10.3. The van der Waals surface area contributed by atoms with Gasteiger partial charge in [-0.2, -0.15) is 8.78 Å². The highest BCUT2D eigenvalue weighted by atomic mass is 19.3. The number of alkyl halides is 2. The maximum atomic E-state index is 12.6. The number of ether oxygens (including phenoxy) is 2. The number of nitrogens with zero attached hydrogens (tertiary/aromatic N) is 1. The van der Waals surface area contributed by atoms with E-state index in [1.807, 2.05) is 0 Å². The molecule has 1 heterocycles. The summed E-state index contributed by atoms with van der Waals surface area (Å²) in [5.41, 5.74) is 2.54. The van der Waals surface area contributed by atoms with Crippen molar-refractivity contribution in [2.24, 2.45) is 0 Å². The number of benzene rings is 3. The van der Waals surface area contributed by atoms with Crippen LogP contribution in [0.1, 0.15) is 42.2 Å². The lowest BCUT2D eigenvalue weighted by Gasteiger charge is -2.14. The molecule has 3 aromatic carbocycles. The molecule has 1 aliphatic rings. The molecule has 0 bridgehead atoms. The first kappa shape index (κ1) is 23.9. The van der Waals surface area contributed by atoms with Crippen LogP contribution in [0.4, 0.5) is 8.78 Å². The van der Waals surface area contributed by atoms with Crippen LogP contribution in [-0.2, 0) is 13.0 Å². The maximum absolute atomic E-state index is 12.6. The summed E-state index contributed by atoms with van der Waals surface area (Å²) in [4.78, 5) is 39.0. The van der Waals surface area contributed by atoms with Gasteiger partial charge in [0, 0.05) is 12.1 Å². The van der Waals surface area contributed by atoms with Gasteiger partial charge in [-0.3, -0.25) is 19.3 Å². The summed E-state index contributed by atoms with van der Waals surface area (Å²) in [5, 5.41) is 2.81. The number of rotatable bonds is 9. The number of carbonyl (C=O) groups excluding carboxylic acids is 3. The second-order valence-corrected chi connectivity index (χ2v) is 7.81. The minimum Gasteiger partial charge on any atom is -0.493 e. The van der Waals surface area contributed by atoms with E-state index in [2.05, 4.69) is 10.1 Å². The van der Waals surface area contributed by atoms with Crippen LogP contribution in [0.25, 0.3) is 0 Å². The van der Waals surface area contributed by atoms with Crippen molar-refractivity contribution in [2.75, 3.05) is 13.7 Å². The van der Waals surface area contributed by atoms with Crippen molar-refractivity contribution < 1.29 is 32.6 Å². The quantitative estimate of drug-likeness (QED) is 0.467. The van der Waals surface area contributed by atoms with E-state index in [9.17, 15) is 23.2 Å². The lowest BCUT2D eigenvalue weighted by atomic mass is 10.1. The Morgan fingerprint density at radius 1 is 0.914 bits per heavy atom. The molecular formula is C26H22F2N2O5. The number of carbonyl (C=O) groups is 3. The topological polar surface area (TPSA) is 84.9 Å². The van der Waals surface area contributed by atoms with Crippen LogP contribution in [0.15, 0.2) is 66.7 Å². The lowest BCUT2D eigenvalue weighted by molar-refractivity contribution is -0.0512. The Morgan fingerprint density at radius 3 is 2.29 bits per heavy atom. The van der Waals surface area contributed by atoms with Crippen LogP contribution in [0.5, 0.6) is 11.5 Å². The van der Waals surface area contributed by atoms with Gasteiger partial charge in [0.1, 0.15) is 0 Å². The standard InChI is InChI=1S/C26H22F2N2O5/c1-34-22-14-16(9-10-21(22)35-26(27)28)11-12-29-23(31)18-6-4-5-17(13-18)15-30-24(32)19-7-2-3-8-20(19)25(30)33/h2-10,13-14,26H,11-12,15H2,1H3,(H,29,31). The van der Waals surface area contributed by atoms with Gasteiger partial charge in [-0.1, -0.05) is 30.3 Å². The number of fused-ring (bicyclic) bond motifs is 1. The summed E-state index contributed by atoms with van der Waals surface area (Å²) in [5.74, 6) is -0.930. The Hall–Kier alpha value is -4.27. The summed E-state index contributed by atoms with van der Waals surface area (Å²) in [6.45, 7) is -2.61. The first-order chi connectivity index (χ1) is 16.9. The smallest absolute Gasteiger partial charge is 0.387 e. The molecule has 0 saturated heterocycles. The first-order valence-corrected chi connectivity index (χ1v) is 10.8. The number of nitrogens with one attached hydrogen (secondary N) is 1. The number of hydrogen-bond donors (Lipinski definition) is 1. The Labute approximate surface area is 200 Å². The third-order valence-electron chi connectivity index (χ3n) is 5.55. The molecule has 35 heavy (non-hydrogen) atoms. The van der Waals surface area contributed by atoms with Crippen molar-refractivity contribution in [3.63, 3.8) is 0 Å². The highest BCUT2D eigenvalue weighted by molar-refractivity contribution is 6.21. The highest BCUT2D eigenvalue weighted by Crippen LogP contribution is 2.29. The fourth-order valence-electron chi connectivity index (χ4n) is 3.86. The van der Waals surface area contributed by atoms with Gasteiger partial charge in [-0.25, -0.2) is 0 Å². The summed E-state index contributed by atoms with van der Waals surface area (Å²) in [6.07, 6.45) is 0.436. The van der Waals surface area contributed by atoms with E-state index < -0.39 is 6.61 Å². The molecule has 0 fully saturated rings. The van der Waals surface area contributed by atoms with E-state index in [1.54, 1.807) is 60.7 Å².